The molecule has 0 saturated carbocycles. The van der Waals surface area contributed by atoms with Crippen LogP contribution in [0.1, 0.15) is 16.1 Å². The number of fused-ring (bicyclic) bond motifs is 2. The molecular formula is C20H18N6O4. The van der Waals surface area contributed by atoms with Crippen LogP contribution in [-0.2, 0) is 13.1 Å². The topological polar surface area (TPSA) is 116 Å². The molecule has 1 aliphatic rings. The molecule has 0 saturated heterocycles. The summed E-state index contributed by atoms with van der Waals surface area (Å²) in [5.74, 6) is 2.50. The summed E-state index contributed by atoms with van der Waals surface area (Å²) in [4.78, 5) is 21.0. The first kappa shape index (κ1) is 18.0. The van der Waals surface area contributed by atoms with Gasteiger partial charge in [0.05, 0.1) is 30.9 Å². The zero-order valence-corrected chi connectivity index (χ0v) is 15.9. The fourth-order valence-electron chi connectivity index (χ4n) is 3.20. The van der Waals surface area contributed by atoms with Crippen molar-refractivity contribution in [3.05, 3.63) is 60.4 Å². The van der Waals surface area contributed by atoms with Crippen molar-refractivity contribution in [1.29, 1.82) is 0 Å². The van der Waals surface area contributed by atoms with Gasteiger partial charge < -0.3 is 24.5 Å². The van der Waals surface area contributed by atoms with Gasteiger partial charge in [0.2, 0.25) is 6.79 Å². The van der Waals surface area contributed by atoms with Crippen LogP contribution in [0.3, 0.4) is 0 Å². The Kier molecular flexibility index (Phi) is 4.64. The van der Waals surface area contributed by atoms with Gasteiger partial charge in [-0.05, 0) is 30.3 Å². The largest absolute Gasteiger partial charge is 0.467 e. The van der Waals surface area contributed by atoms with E-state index in [2.05, 4.69) is 25.7 Å². The highest BCUT2D eigenvalue weighted by molar-refractivity contribution is 5.95. The van der Waals surface area contributed by atoms with Crippen molar-refractivity contribution in [2.75, 3.05) is 18.7 Å². The number of aromatic nitrogens is 4. The van der Waals surface area contributed by atoms with Crippen molar-refractivity contribution >= 4 is 22.8 Å². The fraction of sp³-hybridized carbons (Fsp3) is 0.200. The van der Waals surface area contributed by atoms with E-state index in [0.717, 1.165) is 11.1 Å². The van der Waals surface area contributed by atoms with E-state index < -0.39 is 0 Å². The molecule has 3 aromatic heterocycles. The summed E-state index contributed by atoms with van der Waals surface area (Å²) in [6.45, 7) is 1.54. The standard InChI is InChI=1S/C20H18N6O4/c27-20(13-3-4-16-17(8-13)30-12-29-16)21-5-6-26-19-15(10-25-26)18(23-11-24-19)22-9-14-2-1-7-28-14/h1-4,7-8,10-11H,5-6,9,12H2,(H,21,27)(H,22,23,24). The summed E-state index contributed by atoms with van der Waals surface area (Å²) in [6.07, 6.45) is 4.82. The molecule has 0 bridgehead atoms. The summed E-state index contributed by atoms with van der Waals surface area (Å²) in [6, 6.07) is 8.83. The van der Waals surface area contributed by atoms with E-state index in [4.69, 9.17) is 13.9 Å². The Labute approximate surface area is 170 Å². The van der Waals surface area contributed by atoms with Gasteiger partial charge in [-0.15, -0.1) is 0 Å². The molecule has 2 N–H and O–H groups in total. The highest BCUT2D eigenvalue weighted by atomic mass is 16.7. The van der Waals surface area contributed by atoms with Crippen molar-refractivity contribution in [2.45, 2.75) is 13.1 Å². The van der Waals surface area contributed by atoms with E-state index in [-0.39, 0.29) is 12.7 Å². The van der Waals surface area contributed by atoms with Crippen LogP contribution in [-0.4, -0.2) is 39.0 Å². The lowest BCUT2D eigenvalue weighted by molar-refractivity contribution is 0.0951. The lowest BCUT2D eigenvalue weighted by Gasteiger charge is -2.08. The Morgan fingerprint density at radius 2 is 2.10 bits per heavy atom. The number of anilines is 1. The Balaban J connectivity index is 1.22. The number of amides is 1. The van der Waals surface area contributed by atoms with Crippen molar-refractivity contribution in [2.24, 2.45) is 0 Å². The minimum absolute atomic E-state index is 0.174. The van der Waals surface area contributed by atoms with Crippen LogP contribution < -0.4 is 20.1 Å². The first-order chi connectivity index (χ1) is 14.8. The smallest absolute Gasteiger partial charge is 0.251 e. The number of nitrogens with one attached hydrogen (secondary N) is 2. The average Bonchev–Trinajstić information content (AvgIpc) is 3.52. The van der Waals surface area contributed by atoms with Gasteiger partial charge in [-0.3, -0.25) is 4.79 Å². The predicted molar refractivity (Wildman–Crippen MR) is 106 cm³/mol. The second-order valence-electron chi connectivity index (χ2n) is 6.58. The molecule has 0 radical (unpaired) electrons. The van der Waals surface area contributed by atoms with Crippen LogP contribution in [0.15, 0.2) is 53.5 Å². The van der Waals surface area contributed by atoms with Gasteiger partial charge in [0.15, 0.2) is 17.1 Å². The second-order valence-corrected chi connectivity index (χ2v) is 6.58. The number of nitrogens with zero attached hydrogens (tertiary/aromatic N) is 4. The van der Waals surface area contributed by atoms with Crippen LogP contribution >= 0.6 is 0 Å². The summed E-state index contributed by atoms with van der Waals surface area (Å²) in [5, 5.41) is 11.3. The van der Waals surface area contributed by atoms with Crippen LogP contribution in [0.5, 0.6) is 11.5 Å². The van der Waals surface area contributed by atoms with Crippen LogP contribution in [0.4, 0.5) is 5.82 Å². The molecule has 152 valence electrons. The Morgan fingerprint density at radius 3 is 3.00 bits per heavy atom. The molecule has 0 spiro atoms. The lowest BCUT2D eigenvalue weighted by atomic mass is 10.2. The number of hydrogen-bond donors (Lipinski definition) is 2. The molecule has 30 heavy (non-hydrogen) atoms. The van der Waals surface area contributed by atoms with Gasteiger partial charge in [0.1, 0.15) is 17.9 Å². The molecule has 1 aliphatic heterocycles. The van der Waals surface area contributed by atoms with E-state index in [1.165, 1.54) is 6.33 Å². The number of carbonyl (C=O) groups is 1. The SMILES string of the molecule is O=C(NCCn1ncc2c(NCc3ccco3)ncnc21)c1ccc2c(c1)OCO2. The maximum Gasteiger partial charge on any atom is 0.251 e. The van der Waals surface area contributed by atoms with Gasteiger partial charge in [0.25, 0.3) is 5.91 Å². The number of rotatable bonds is 7. The van der Waals surface area contributed by atoms with Crippen LogP contribution in [0.25, 0.3) is 11.0 Å². The van der Waals surface area contributed by atoms with Crippen molar-refractivity contribution in [3.8, 4) is 11.5 Å². The Hall–Kier alpha value is -4.08. The fourth-order valence-corrected chi connectivity index (χ4v) is 3.20. The molecule has 1 aromatic carbocycles. The van der Waals surface area contributed by atoms with E-state index in [1.807, 2.05) is 12.1 Å². The van der Waals surface area contributed by atoms with Gasteiger partial charge in [-0.2, -0.15) is 5.10 Å². The molecule has 0 unspecified atom stereocenters. The van der Waals surface area contributed by atoms with Gasteiger partial charge >= 0.3 is 0 Å². The number of benzene rings is 1. The third-order valence-electron chi connectivity index (χ3n) is 4.69. The third kappa shape index (κ3) is 3.50. The number of carbonyl (C=O) groups excluding carboxylic acids is 1. The molecule has 10 nitrogen and oxygen atoms in total. The number of ether oxygens (including phenoxy) is 2. The lowest BCUT2D eigenvalue weighted by Crippen LogP contribution is -2.27. The minimum atomic E-state index is -0.194. The normalized spacial score (nSPS) is 12.3. The zero-order valence-electron chi connectivity index (χ0n) is 15.9. The number of furan rings is 1. The van der Waals surface area contributed by atoms with Gasteiger partial charge in [-0.25, -0.2) is 14.6 Å². The first-order valence-corrected chi connectivity index (χ1v) is 9.38. The summed E-state index contributed by atoms with van der Waals surface area (Å²) >= 11 is 0. The number of hydrogen-bond acceptors (Lipinski definition) is 8. The van der Waals surface area contributed by atoms with E-state index in [1.54, 1.807) is 35.3 Å². The molecule has 4 aromatic rings. The maximum atomic E-state index is 12.4. The second kappa shape index (κ2) is 7.74. The first-order valence-electron chi connectivity index (χ1n) is 9.38. The van der Waals surface area contributed by atoms with Crippen molar-refractivity contribution < 1.29 is 18.7 Å². The molecule has 4 heterocycles. The van der Waals surface area contributed by atoms with Crippen LogP contribution in [0, 0.1) is 0 Å². The third-order valence-corrected chi connectivity index (χ3v) is 4.69. The molecule has 0 fully saturated rings. The summed E-state index contributed by atoms with van der Waals surface area (Å²) in [5.41, 5.74) is 1.19. The van der Waals surface area contributed by atoms with Gasteiger partial charge in [-0.1, -0.05) is 0 Å². The molecule has 5 rings (SSSR count). The van der Waals surface area contributed by atoms with Crippen molar-refractivity contribution in [3.63, 3.8) is 0 Å². The average molecular weight is 406 g/mol. The van der Waals surface area contributed by atoms with Crippen molar-refractivity contribution in [1.82, 2.24) is 25.1 Å². The Morgan fingerprint density at radius 1 is 1.17 bits per heavy atom. The Bertz CT molecular complexity index is 1190. The highest BCUT2D eigenvalue weighted by Gasteiger charge is 2.16. The summed E-state index contributed by atoms with van der Waals surface area (Å²) in [7, 11) is 0. The van der Waals surface area contributed by atoms with E-state index in [0.29, 0.717) is 48.2 Å². The summed E-state index contributed by atoms with van der Waals surface area (Å²) < 4.78 is 17.6. The quantitative estimate of drug-likeness (QED) is 0.480. The monoisotopic (exact) mass is 406 g/mol. The van der Waals surface area contributed by atoms with E-state index >= 15 is 0 Å². The maximum absolute atomic E-state index is 12.4. The highest BCUT2D eigenvalue weighted by Crippen LogP contribution is 2.32. The minimum Gasteiger partial charge on any atom is -0.467 e. The van der Waals surface area contributed by atoms with E-state index in [9.17, 15) is 4.79 Å². The molecule has 0 aliphatic carbocycles. The van der Waals surface area contributed by atoms with Gasteiger partial charge in [0, 0.05) is 12.1 Å². The predicted octanol–water partition coefficient (Wildman–Crippen LogP) is 2.19. The zero-order chi connectivity index (χ0) is 20.3. The molecule has 0 atom stereocenters. The molecule has 10 heteroatoms. The molecule has 1 amide bonds. The van der Waals surface area contributed by atoms with Crippen LogP contribution in [0.2, 0.25) is 0 Å². The molecular weight excluding hydrogens is 388 g/mol.